The van der Waals surface area contributed by atoms with Crippen LogP contribution < -0.4 is 0 Å². The zero-order valence-electron chi connectivity index (χ0n) is 8.06. The molecule has 0 unspecified atom stereocenters. The normalized spacial score (nSPS) is 8.87. The molecule has 15 heavy (non-hydrogen) atoms. The molecule has 0 aliphatic rings. The third-order valence-corrected chi connectivity index (χ3v) is 2.16. The topological polar surface area (TPSA) is 23.8 Å². The van der Waals surface area contributed by atoms with Crippen molar-refractivity contribution in [1.82, 2.24) is 0 Å². The molecule has 3 heteroatoms. The average Bonchev–Trinajstić information content (AvgIpc) is 2.22. The SMILES string of the molecule is N#CCc1ccc(C#CCCBr)c(F)c1. The minimum absolute atomic E-state index is 0.228. The van der Waals surface area contributed by atoms with Crippen LogP contribution >= 0.6 is 15.9 Å². The van der Waals surface area contributed by atoms with Crippen LogP contribution in [0.25, 0.3) is 0 Å². The second kappa shape index (κ2) is 6.22. The second-order valence-corrected chi connectivity index (χ2v) is 3.68. The van der Waals surface area contributed by atoms with Crippen molar-refractivity contribution in [3.8, 4) is 17.9 Å². The quantitative estimate of drug-likeness (QED) is 0.596. The Balaban J connectivity index is 2.86. The van der Waals surface area contributed by atoms with Gasteiger partial charge < -0.3 is 0 Å². The first-order valence-electron chi connectivity index (χ1n) is 4.48. The summed E-state index contributed by atoms with van der Waals surface area (Å²) in [6.07, 6.45) is 0.922. The first-order valence-corrected chi connectivity index (χ1v) is 5.60. The average molecular weight is 266 g/mol. The fraction of sp³-hybridized carbons (Fsp3) is 0.250. The molecule has 0 aliphatic carbocycles. The molecule has 0 saturated heterocycles. The predicted molar refractivity (Wildman–Crippen MR) is 61.0 cm³/mol. The van der Waals surface area contributed by atoms with Gasteiger partial charge >= 0.3 is 0 Å². The first kappa shape index (κ1) is 11.8. The molecule has 0 atom stereocenters. The maximum Gasteiger partial charge on any atom is 0.139 e. The van der Waals surface area contributed by atoms with Crippen LogP contribution in [0.4, 0.5) is 4.39 Å². The summed E-state index contributed by atoms with van der Waals surface area (Å²) in [7, 11) is 0. The molecular formula is C12H9BrFN. The van der Waals surface area contributed by atoms with Gasteiger partial charge in [0.15, 0.2) is 0 Å². The van der Waals surface area contributed by atoms with Gasteiger partial charge in [0.1, 0.15) is 5.82 Å². The summed E-state index contributed by atoms with van der Waals surface area (Å²) in [5.74, 6) is 5.23. The first-order chi connectivity index (χ1) is 7.27. The van der Waals surface area contributed by atoms with Crippen LogP contribution in [0.2, 0.25) is 0 Å². The van der Waals surface area contributed by atoms with Crippen LogP contribution in [0, 0.1) is 29.0 Å². The fourth-order valence-electron chi connectivity index (χ4n) is 1.07. The molecule has 0 spiro atoms. The molecule has 0 saturated carbocycles. The Morgan fingerprint density at radius 3 is 2.80 bits per heavy atom. The number of benzene rings is 1. The highest BCUT2D eigenvalue weighted by molar-refractivity contribution is 9.09. The Bertz CT molecular complexity index is 437. The Hall–Kier alpha value is -1.32. The minimum Gasteiger partial charge on any atom is -0.206 e. The van der Waals surface area contributed by atoms with E-state index in [2.05, 4.69) is 27.8 Å². The third kappa shape index (κ3) is 3.73. The van der Waals surface area contributed by atoms with Crippen LogP contribution in [-0.4, -0.2) is 5.33 Å². The van der Waals surface area contributed by atoms with Crippen LogP contribution in [0.5, 0.6) is 0 Å². The van der Waals surface area contributed by atoms with Crippen molar-refractivity contribution in [2.75, 3.05) is 5.33 Å². The lowest BCUT2D eigenvalue weighted by Crippen LogP contribution is -1.88. The van der Waals surface area contributed by atoms with E-state index in [0.717, 1.165) is 5.33 Å². The molecule has 0 fully saturated rings. The Morgan fingerprint density at radius 2 is 2.20 bits per heavy atom. The van der Waals surface area contributed by atoms with Crippen molar-refractivity contribution in [3.05, 3.63) is 35.1 Å². The van der Waals surface area contributed by atoms with Gasteiger partial charge in [-0.15, -0.1) is 0 Å². The molecule has 0 heterocycles. The number of halogens is 2. The lowest BCUT2D eigenvalue weighted by molar-refractivity contribution is 0.622. The van der Waals surface area contributed by atoms with Crippen molar-refractivity contribution >= 4 is 15.9 Å². The van der Waals surface area contributed by atoms with Gasteiger partial charge in [-0.1, -0.05) is 33.8 Å². The standard InChI is InChI=1S/C12H9BrFN/c13-7-2-1-3-11-5-4-10(6-8-15)9-12(11)14/h4-5,9H,2,6-7H2. The Kier molecular flexibility index (Phi) is 4.87. The maximum atomic E-state index is 13.4. The molecule has 0 aliphatic heterocycles. The lowest BCUT2D eigenvalue weighted by atomic mass is 10.1. The minimum atomic E-state index is -0.357. The number of hydrogen-bond donors (Lipinski definition) is 0. The number of nitrogens with zero attached hydrogens (tertiary/aromatic N) is 1. The van der Waals surface area contributed by atoms with Crippen molar-refractivity contribution in [2.24, 2.45) is 0 Å². The van der Waals surface area contributed by atoms with Crippen LogP contribution in [0.15, 0.2) is 18.2 Å². The number of alkyl halides is 1. The highest BCUT2D eigenvalue weighted by Crippen LogP contribution is 2.09. The van der Waals surface area contributed by atoms with E-state index in [1.165, 1.54) is 6.07 Å². The molecule has 0 bridgehead atoms. The second-order valence-electron chi connectivity index (χ2n) is 2.89. The summed E-state index contributed by atoms with van der Waals surface area (Å²) in [6.45, 7) is 0. The fourth-order valence-corrected chi connectivity index (χ4v) is 1.26. The number of rotatable bonds is 2. The lowest BCUT2D eigenvalue weighted by Gasteiger charge is -1.97. The summed E-state index contributed by atoms with van der Waals surface area (Å²) in [5.41, 5.74) is 1.07. The highest BCUT2D eigenvalue weighted by Gasteiger charge is 2.00. The zero-order valence-corrected chi connectivity index (χ0v) is 9.64. The summed E-state index contributed by atoms with van der Waals surface area (Å²) >= 11 is 3.24. The van der Waals surface area contributed by atoms with Gasteiger partial charge in [0.2, 0.25) is 0 Å². The zero-order chi connectivity index (χ0) is 11.1. The van der Waals surface area contributed by atoms with Crippen molar-refractivity contribution < 1.29 is 4.39 Å². The van der Waals surface area contributed by atoms with Crippen molar-refractivity contribution in [3.63, 3.8) is 0 Å². The summed E-state index contributed by atoms with van der Waals surface area (Å²) in [5, 5.41) is 9.23. The van der Waals surface area contributed by atoms with E-state index >= 15 is 0 Å². The van der Waals surface area contributed by atoms with Crippen molar-refractivity contribution in [1.29, 1.82) is 5.26 Å². The van der Waals surface area contributed by atoms with E-state index in [1.54, 1.807) is 12.1 Å². The molecule has 0 aromatic heterocycles. The molecular weight excluding hydrogens is 257 g/mol. The van der Waals surface area contributed by atoms with Crippen LogP contribution in [0.1, 0.15) is 17.5 Å². The maximum absolute atomic E-state index is 13.4. The summed E-state index contributed by atoms with van der Waals surface area (Å²) < 4.78 is 13.4. The third-order valence-electron chi connectivity index (χ3n) is 1.76. The van der Waals surface area contributed by atoms with Gasteiger partial charge in [0, 0.05) is 11.8 Å². The Morgan fingerprint density at radius 1 is 1.40 bits per heavy atom. The predicted octanol–water partition coefficient (Wildman–Crippen LogP) is 3.03. The molecule has 76 valence electrons. The smallest absolute Gasteiger partial charge is 0.139 e. The largest absolute Gasteiger partial charge is 0.206 e. The van der Waals surface area contributed by atoms with Gasteiger partial charge in [-0.3, -0.25) is 0 Å². The van der Waals surface area contributed by atoms with Gasteiger partial charge in [-0.05, 0) is 17.7 Å². The molecule has 1 rings (SSSR count). The highest BCUT2D eigenvalue weighted by atomic mass is 79.9. The molecule has 1 nitrogen and oxygen atoms in total. The summed E-state index contributed by atoms with van der Waals surface area (Å²) in [6, 6.07) is 6.68. The van der Waals surface area contributed by atoms with Gasteiger partial charge in [0.25, 0.3) is 0 Å². The molecule has 1 aromatic rings. The van der Waals surface area contributed by atoms with Gasteiger partial charge in [-0.25, -0.2) is 4.39 Å². The van der Waals surface area contributed by atoms with E-state index in [4.69, 9.17) is 5.26 Å². The van der Waals surface area contributed by atoms with E-state index in [-0.39, 0.29) is 12.2 Å². The molecule has 1 aromatic carbocycles. The van der Waals surface area contributed by atoms with E-state index < -0.39 is 0 Å². The monoisotopic (exact) mass is 265 g/mol. The van der Waals surface area contributed by atoms with Crippen molar-refractivity contribution in [2.45, 2.75) is 12.8 Å². The number of nitriles is 1. The van der Waals surface area contributed by atoms with Crippen LogP contribution in [0.3, 0.4) is 0 Å². The molecule has 0 amide bonds. The Labute approximate surface area is 97.0 Å². The van der Waals surface area contributed by atoms with Crippen LogP contribution in [-0.2, 0) is 6.42 Å². The molecule has 0 radical (unpaired) electrons. The van der Waals surface area contributed by atoms with Gasteiger partial charge in [-0.2, -0.15) is 5.26 Å². The van der Waals surface area contributed by atoms with E-state index in [9.17, 15) is 4.39 Å². The number of hydrogen-bond acceptors (Lipinski definition) is 1. The van der Waals surface area contributed by atoms with E-state index in [0.29, 0.717) is 17.5 Å². The molecule has 0 N–H and O–H groups in total. The van der Waals surface area contributed by atoms with E-state index in [1.807, 2.05) is 6.07 Å². The van der Waals surface area contributed by atoms with Gasteiger partial charge in [0.05, 0.1) is 18.1 Å². The summed E-state index contributed by atoms with van der Waals surface area (Å²) in [4.78, 5) is 0.